The average molecular weight is 419 g/mol. The SMILES string of the molecule is O=C(C(=Cc1ccccc1)c1ccccc1Cl)N(O)C(=O)c1ccc2c(c1)NCC2. The highest BCUT2D eigenvalue weighted by Crippen LogP contribution is 2.28. The maximum absolute atomic E-state index is 13.2. The third kappa shape index (κ3) is 3.99. The van der Waals surface area contributed by atoms with Crippen LogP contribution >= 0.6 is 11.6 Å². The highest BCUT2D eigenvalue weighted by atomic mass is 35.5. The second-order valence-electron chi connectivity index (χ2n) is 6.92. The number of carbonyl (C=O) groups is 2. The van der Waals surface area contributed by atoms with Crippen molar-refractivity contribution in [2.75, 3.05) is 11.9 Å². The molecule has 0 unspecified atom stereocenters. The smallest absolute Gasteiger partial charge is 0.285 e. The van der Waals surface area contributed by atoms with Crippen LogP contribution in [0.4, 0.5) is 5.69 Å². The van der Waals surface area contributed by atoms with Crippen molar-refractivity contribution in [2.45, 2.75) is 6.42 Å². The summed E-state index contributed by atoms with van der Waals surface area (Å²) in [6, 6.07) is 21.1. The summed E-state index contributed by atoms with van der Waals surface area (Å²) in [5.41, 5.74) is 3.44. The third-order valence-electron chi connectivity index (χ3n) is 4.96. The Kier molecular flexibility index (Phi) is 5.65. The first-order chi connectivity index (χ1) is 14.5. The number of nitrogens with one attached hydrogen (secondary N) is 1. The van der Waals surface area contributed by atoms with E-state index in [0.29, 0.717) is 10.6 Å². The number of amides is 2. The van der Waals surface area contributed by atoms with Crippen LogP contribution in [0.15, 0.2) is 72.8 Å². The molecule has 0 saturated carbocycles. The molecule has 2 N–H and O–H groups in total. The van der Waals surface area contributed by atoms with Gasteiger partial charge in [0.05, 0.1) is 5.57 Å². The normalized spacial score (nSPS) is 12.8. The zero-order valence-electron chi connectivity index (χ0n) is 16.0. The molecule has 0 radical (unpaired) electrons. The summed E-state index contributed by atoms with van der Waals surface area (Å²) >= 11 is 6.31. The fraction of sp³-hybridized carbons (Fsp3) is 0.0833. The summed E-state index contributed by atoms with van der Waals surface area (Å²) in [6.07, 6.45) is 2.48. The highest BCUT2D eigenvalue weighted by molar-refractivity contribution is 6.36. The summed E-state index contributed by atoms with van der Waals surface area (Å²) < 4.78 is 0. The average Bonchev–Trinajstić information content (AvgIpc) is 3.25. The number of halogens is 1. The lowest BCUT2D eigenvalue weighted by molar-refractivity contribution is -0.146. The van der Waals surface area contributed by atoms with Gasteiger partial charge in [-0.1, -0.05) is 66.2 Å². The van der Waals surface area contributed by atoms with Gasteiger partial charge < -0.3 is 5.32 Å². The number of hydrogen-bond acceptors (Lipinski definition) is 4. The molecule has 1 heterocycles. The maximum Gasteiger partial charge on any atom is 0.285 e. The number of fused-ring (bicyclic) bond motifs is 1. The first-order valence-electron chi connectivity index (χ1n) is 9.50. The van der Waals surface area contributed by atoms with Crippen LogP contribution in [0.1, 0.15) is 27.0 Å². The molecule has 2 amide bonds. The van der Waals surface area contributed by atoms with E-state index in [1.54, 1.807) is 42.5 Å². The van der Waals surface area contributed by atoms with Gasteiger partial charge in [0.25, 0.3) is 11.8 Å². The fourth-order valence-electron chi connectivity index (χ4n) is 3.40. The van der Waals surface area contributed by atoms with Gasteiger partial charge in [-0.3, -0.25) is 14.8 Å². The van der Waals surface area contributed by atoms with Gasteiger partial charge in [0, 0.05) is 28.4 Å². The molecule has 1 aliphatic rings. The molecule has 6 heteroatoms. The molecule has 5 nitrogen and oxygen atoms in total. The van der Waals surface area contributed by atoms with Crippen LogP contribution in [0.3, 0.4) is 0 Å². The van der Waals surface area contributed by atoms with Crippen LogP contribution in [-0.4, -0.2) is 28.6 Å². The largest absolute Gasteiger partial charge is 0.384 e. The zero-order chi connectivity index (χ0) is 21.1. The summed E-state index contributed by atoms with van der Waals surface area (Å²) in [6.45, 7) is 0.797. The Hall–Kier alpha value is -3.41. The second-order valence-corrected chi connectivity index (χ2v) is 7.33. The molecule has 0 bridgehead atoms. The van der Waals surface area contributed by atoms with E-state index in [-0.39, 0.29) is 16.2 Å². The Balaban J connectivity index is 1.70. The molecule has 0 fully saturated rings. The lowest BCUT2D eigenvalue weighted by atomic mass is 10.0. The van der Waals surface area contributed by atoms with E-state index in [2.05, 4.69) is 5.32 Å². The Morgan fingerprint density at radius 2 is 1.73 bits per heavy atom. The van der Waals surface area contributed by atoms with Crippen LogP contribution in [-0.2, 0) is 11.2 Å². The number of nitrogens with zero attached hydrogens (tertiary/aromatic N) is 1. The van der Waals surface area contributed by atoms with Crippen LogP contribution in [0.25, 0.3) is 11.6 Å². The summed E-state index contributed by atoms with van der Waals surface area (Å²) in [7, 11) is 0. The van der Waals surface area contributed by atoms with Gasteiger partial charge in [-0.05, 0) is 41.8 Å². The second kappa shape index (κ2) is 8.53. The van der Waals surface area contributed by atoms with E-state index in [1.165, 1.54) is 0 Å². The molecule has 0 spiro atoms. The molecule has 3 aromatic carbocycles. The minimum Gasteiger partial charge on any atom is -0.384 e. The quantitative estimate of drug-likeness (QED) is 0.273. The molecule has 0 aromatic heterocycles. The van der Waals surface area contributed by atoms with Gasteiger partial charge in [-0.2, -0.15) is 0 Å². The summed E-state index contributed by atoms with van der Waals surface area (Å²) in [4.78, 5) is 26.0. The topological polar surface area (TPSA) is 69.6 Å². The van der Waals surface area contributed by atoms with E-state index >= 15 is 0 Å². The van der Waals surface area contributed by atoms with Gasteiger partial charge in [0.2, 0.25) is 0 Å². The molecule has 0 saturated heterocycles. The van der Waals surface area contributed by atoms with Crippen LogP contribution in [0.2, 0.25) is 5.02 Å². The maximum atomic E-state index is 13.2. The van der Waals surface area contributed by atoms with E-state index < -0.39 is 11.8 Å². The van der Waals surface area contributed by atoms with Crippen molar-refractivity contribution in [1.82, 2.24) is 5.06 Å². The Labute approximate surface area is 179 Å². The minimum atomic E-state index is -0.856. The van der Waals surface area contributed by atoms with E-state index in [1.807, 2.05) is 36.4 Å². The standard InChI is InChI=1S/C24H19ClN2O3/c25-21-9-5-4-8-19(21)20(14-16-6-2-1-3-7-16)24(29)27(30)23(28)18-11-10-17-12-13-26-22(17)15-18/h1-11,14-15,26,30H,12-13H2. The first-order valence-corrected chi connectivity index (χ1v) is 9.88. The van der Waals surface area contributed by atoms with Crippen molar-refractivity contribution in [3.8, 4) is 0 Å². The van der Waals surface area contributed by atoms with Crippen molar-refractivity contribution >= 4 is 40.8 Å². The molecule has 150 valence electrons. The van der Waals surface area contributed by atoms with E-state index in [4.69, 9.17) is 11.6 Å². The Morgan fingerprint density at radius 1 is 1.00 bits per heavy atom. The van der Waals surface area contributed by atoms with Crippen LogP contribution in [0, 0.1) is 0 Å². The van der Waals surface area contributed by atoms with E-state index in [0.717, 1.165) is 29.8 Å². The van der Waals surface area contributed by atoms with Gasteiger partial charge >= 0.3 is 0 Å². The van der Waals surface area contributed by atoms with Crippen molar-refractivity contribution in [3.63, 3.8) is 0 Å². The molecule has 4 rings (SSSR count). The number of anilines is 1. The third-order valence-corrected chi connectivity index (χ3v) is 5.29. The number of hydroxylamine groups is 2. The van der Waals surface area contributed by atoms with Crippen molar-refractivity contribution in [1.29, 1.82) is 0 Å². The molecule has 3 aromatic rings. The van der Waals surface area contributed by atoms with Crippen LogP contribution < -0.4 is 5.32 Å². The van der Waals surface area contributed by atoms with Crippen LogP contribution in [0.5, 0.6) is 0 Å². The number of rotatable bonds is 4. The van der Waals surface area contributed by atoms with Gasteiger partial charge in [0.1, 0.15) is 0 Å². The highest BCUT2D eigenvalue weighted by Gasteiger charge is 2.27. The summed E-state index contributed by atoms with van der Waals surface area (Å²) in [5, 5.41) is 14.2. The monoisotopic (exact) mass is 418 g/mol. The van der Waals surface area contributed by atoms with Crippen molar-refractivity contribution < 1.29 is 14.8 Å². The van der Waals surface area contributed by atoms with E-state index in [9.17, 15) is 14.8 Å². The minimum absolute atomic E-state index is 0.113. The summed E-state index contributed by atoms with van der Waals surface area (Å²) in [5.74, 6) is -1.66. The zero-order valence-corrected chi connectivity index (χ0v) is 16.8. The molecule has 30 heavy (non-hydrogen) atoms. The Morgan fingerprint density at radius 3 is 2.50 bits per heavy atom. The number of hydrogen-bond donors (Lipinski definition) is 2. The molecule has 0 aliphatic carbocycles. The van der Waals surface area contributed by atoms with Gasteiger partial charge in [-0.15, -0.1) is 5.06 Å². The van der Waals surface area contributed by atoms with Crippen molar-refractivity contribution in [2.24, 2.45) is 0 Å². The first kappa shape index (κ1) is 19.9. The lowest BCUT2D eigenvalue weighted by Gasteiger charge is -2.17. The van der Waals surface area contributed by atoms with Gasteiger partial charge in [0.15, 0.2) is 0 Å². The predicted molar refractivity (Wildman–Crippen MR) is 117 cm³/mol. The molecular weight excluding hydrogens is 400 g/mol. The molecular formula is C24H19ClN2O3. The number of benzene rings is 3. The predicted octanol–water partition coefficient (Wildman–Crippen LogP) is 4.91. The fourth-order valence-corrected chi connectivity index (χ4v) is 3.64. The molecule has 1 aliphatic heterocycles. The number of imide groups is 1. The lowest BCUT2D eigenvalue weighted by Crippen LogP contribution is -2.34. The molecule has 0 atom stereocenters. The van der Waals surface area contributed by atoms with Gasteiger partial charge in [-0.25, -0.2) is 0 Å². The van der Waals surface area contributed by atoms with Crippen molar-refractivity contribution in [3.05, 3.63) is 100 Å². The Bertz CT molecular complexity index is 1140. The number of carbonyl (C=O) groups excluding carboxylic acids is 2.